The highest BCUT2D eigenvalue weighted by molar-refractivity contribution is 7.89. The van der Waals surface area contributed by atoms with Crippen LogP contribution in [0.15, 0.2) is 95.0 Å². The molecule has 0 bridgehead atoms. The molecule has 6 rings (SSSR count). The van der Waals surface area contributed by atoms with Gasteiger partial charge in [0.25, 0.3) is 0 Å². The normalized spacial score (nSPS) is 22.7. The zero-order valence-electron chi connectivity index (χ0n) is 37.8. The first-order valence-electron chi connectivity index (χ1n) is 22.1. The number of sulfonamides is 1. The first-order valence-corrected chi connectivity index (χ1v) is 23.5. The summed E-state index contributed by atoms with van der Waals surface area (Å²) in [7, 11) is 0.183. The lowest BCUT2D eigenvalue weighted by molar-refractivity contribution is -0.251. The number of carbonyl (C=O) groups excluding carboxylic acids is 2. The number of hydrogen-bond donors (Lipinski definition) is 4. The van der Waals surface area contributed by atoms with Crippen LogP contribution in [0, 0.1) is 17.8 Å². The van der Waals surface area contributed by atoms with Gasteiger partial charge in [-0.3, -0.25) is 10.1 Å². The molecule has 0 saturated heterocycles. The molecule has 352 valence electrons. The number of fused-ring (bicyclic) bond motifs is 2. The van der Waals surface area contributed by atoms with E-state index < -0.39 is 39.8 Å². The Morgan fingerprint density at radius 3 is 2.32 bits per heavy atom. The Bertz CT molecular complexity index is 2320. The zero-order valence-corrected chi connectivity index (χ0v) is 38.6. The summed E-state index contributed by atoms with van der Waals surface area (Å²) in [6.07, 6.45) is 7.55. The average Bonchev–Trinajstić information content (AvgIpc) is 3.29. The summed E-state index contributed by atoms with van der Waals surface area (Å²) in [5, 5.41) is 29.9. The Hall–Kier alpha value is -5.46. The van der Waals surface area contributed by atoms with Crippen LogP contribution >= 0.6 is 0 Å². The molecule has 1 aliphatic heterocycles. The first kappa shape index (κ1) is 49.0. The molecule has 4 N–H and O–H groups in total. The fraction of sp³-hybridized carbons (Fsp3) is 0.479. The smallest absolute Gasteiger partial charge is 0.417 e. The summed E-state index contributed by atoms with van der Waals surface area (Å²) in [4.78, 5) is 30.9. The number of aliphatic hydroxyl groups is 2. The molecule has 65 heavy (non-hydrogen) atoms. The summed E-state index contributed by atoms with van der Waals surface area (Å²) in [6, 6.07) is 15.1. The summed E-state index contributed by atoms with van der Waals surface area (Å²) >= 11 is 0. The van der Waals surface area contributed by atoms with Crippen LogP contribution in [-0.4, -0.2) is 100 Å². The number of aliphatic hydroxyl groups excluding tert-OH is 2. The van der Waals surface area contributed by atoms with Gasteiger partial charge in [-0.15, -0.1) is 6.58 Å². The van der Waals surface area contributed by atoms with Crippen molar-refractivity contribution in [2.24, 2.45) is 22.9 Å². The number of carbonyl (C=O) groups is 2. The van der Waals surface area contributed by atoms with Gasteiger partial charge in [0, 0.05) is 56.3 Å². The van der Waals surface area contributed by atoms with Gasteiger partial charge in [0.1, 0.15) is 30.1 Å². The second-order valence-corrected chi connectivity index (χ2v) is 18.2. The van der Waals surface area contributed by atoms with E-state index in [1.165, 1.54) is 44.7 Å². The fourth-order valence-electron chi connectivity index (χ4n) is 9.65. The summed E-state index contributed by atoms with van der Waals surface area (Å²) in [5.41, 5.74) is 2.87. The quantitative estimate of drug-likeness (QED) is 0.0437. The Morgan fingerprint density at radius 2 is 1.68 bits per heavy atom. The molecule has 1 heterocycles. The maximum Gasteiger partial charge on any atom is 0.417 e. The number of hydrogen-bond acceptors (Lipinski definition) is 13. The molecule has 0 aromatic heterocycles. The number of benzene rings is 3. The molecule has 3 aliphatic rings. The minimum absolute atomic E-state index is 0.00973. The van der Waals surface area contributed by atoms with E-state index in [-0.39, 0.29) is 61.2 Å². The fourth-order valence-corrected chi connectivity index (χ4v) is 11.4. The number of methoxy groups -OCH3 is 2. The molecule has 3 aromatic carbocycles. The molecular formula is C48H62N4O12S. The summed E-state index contributed by atoms with van der Waals surface area (Å²) < 4.78 is 62.6. The Labute approximate surface area is 381 Å². The SMILES string of the molecule is C=CCOC12Oc3ccc(OC(=O)Nc4ccc(OC)cc4OC)cc3C3C(CCCCO)C(CCCCO)C=C(C(=NOC)CC1N(CCC)S(=O)(=O)c1ccc(NC(C)=O)cc1)C32. The van der Waals surface area contributed by atoms with E-state index in [1.807, 2.05) is 6.92 Å². The van der Waals surface area contributed by atoms with Gasteiger partial charge in [-0.2, -0.15) is 4.31 Å². The van der Waals surface area contributed by atoms with Crippen LogP contribution in [0.5, 0.6) is 23.0 Å². The van der Waals surface area contributed by atoms with Crippen LogP contribution in [0.1, 0.15) is 76.7 Å². The Morgan fingerprint density at radius 1 is 0.954 bits per heavy atom. The minimum atomic E-state index is -4.29. The molecule has 0 spiro atoms. The number of anilines is 2. The highest BCUT2D eigenvalue weighted by Crippen LogP contribution is 2.62. The van der Waals surface area contributed by atoms with Crippen molar-refractivity contribution in [3.63, 3.8) is 0 Å². The molecule has 17 heteroatoms. The monoisotopic (exact) mass is 918 g/mol. The molecule has 0 radical (unpaired) electrons. The first-order chi connectivity index (χ1) is 31.4. The molecule has 6 atom stereocenters. The second kappa shape index (κ2) is 22.2. The standard InChI is InChI=1S/C48H62N4O12S/c1-7-23-52(65(57,58)36-19-15-33(16-20-36)49-31(3)55)44-30-41(51-61-6)38-27-32(13-9-11-24-53)37(14-10-12-25-54)45-39-28-35(18-22-42(39)64-48(44,46(38)45)62-26-8-2)63-47(56)50-40-21-17-34(59-4)29-43(40)60-5/h8,15-22,27-29,32,37,44-46,53-54H,2,7,9-14,23-26,30H2,1,3-6H3,(H,49,55)(H,50,56). The van der Waals surface area contributed by atoms with Crippen molar-refractivity contribution in [3.8, 4) is 23.0 Å². The number of ether oxygens (including phenoxy) is 5. The predicted octanol–water partition coefficient (Wildman–Crippen LogP) is 7.64. The maximum atomic E-state index is 15.1. The number of nitrogens with one attached hydrogen (secondary N) is 2. The topological polar surface area (TPSA) is 204 Å². The van der Waals surface area contributed by atoms with Gasteiger partial charge in [-0.1, -0.05) is 37.1 Å². The third-order valence-corrected chi connectivity index (χ3v) is 14.2. The van der Waals surface area contributed by atoms with Crippen molar-refractivity contribution in [1.29, 1.82) is 0 Å². The van der Waals surface area contributed by atoms with Crippen molar-refractivity contribution < 1.29 is 56.7 Å². The van der Waals surface area contributed by atoms with Gasteiger partial charge in [-0.05, 0) is 104 Å². The van der Waals surface area contributed by atoms with Gasteiger partial charge in [0.2, 0.25) is 21.7 Å². The van der Waals surface area contributed by atoms with Crippen LogP contribution in [-0.2, 0) is 24.4 Å². The molecular weight excluding hydrogens is 857 g/mol. The van der Waals surface area contributed by atoms with Crippen molar-refractivity contribution in [2.45, 2.75) is 87.9 Å². The third kappa shape index (κ3) is 10.7. The number of allylic oxidation sites excluding steroid dienone is 1. The summed E-state index contributed by atoms with van der Waals surface area (Å²) in [6.45, 7) is 7.40. The highest BCUT2D eigenvalue weighted by Gasteiger charge is 2.66. The minimum Gasteiger partial charge on any atom is -0.497 e. The van der Waals surface area contributed by atoms with E-state index in [4.69, 9.17) is 28.5 Å². The van der Waals surface area contributed by atoms with Gasteiger partial charge in [0.05, 0.1) is 49.1 Å². The largest absolute Gasteiger partial charge is 0.497 e. The number of oxime groups is 1. The van der Waals surface area contributed by atoms with Gasteiger partial charge in [-0.25, -0.2) is 13.2 Å². The predicted molar refractivity (Wildman–Crippen MR) is 246 cm³/mol. The molecule has 6 unspecified atom stereocenters. The lowest BCUT2D eigenvalue weighted by Crippen LogP contribution is -2.70. The molecule has 3 aromatic rings. The Kier molecular flexibility index (Phi) is 16.7. The molecule has 2 amide bonds. The van der Waals surface area contributed by atoms with Crippen LogP contribution < -0.4 is 29.6 Å². The zero-order chi connectivity index (χ0) is 46.7. The van der Waals surface area contributed by atoms with Crippen LogP contribution in [0.2, 0.25) is 0 Å². The third-order valence-electron chi connectivity index (χ3n) is 12.3. The van der Waals surface area contributed by atoms with Crippen molar-refractivity contribution in [2.75, 3.05) is 58.3 Å². The number of amides is 2. The summed E-state index contributed by atoms with van der Waals surface area (Å²) in [5.74, 6) is -1.64. The lowest BCUT2D eigenvalue weighted by atomic mass is 9.55. The maximum absolute atomic E-state index is 15.1. The van der Waals surface area contributed by atoms with E-state index in [9.17, 15) is 19.8 Å². The van der Waals surface area contributed by atoms with E-state index >= 15 is 8.42 Å². The highest BCUT2D eigenvalue weighted by atomic mass is 32.2. The van der Waals surface area contributed by atoms with E-state index in [0.29, 0.717) is 66.4 Å². The molecule has 2 aliphatic carbocycles. The van der Waals surface area contributed by atoms with E-state index in [2.05, 4.69) is 28.4 Å². The van der Waals surface area contributed by atoms with Gasteiger partial charge in [0.15, 0.2) is 0 Å². The van der Waals surface area contributed by atoms with Crippen LogP contribution in [0.25, 0.3) is 0 Å². The number of rotatable bonds is 22. The van der Waals surface area contributed by atoms with Crippen molar-refractivity contribution in [1.82, 2.24) is 4.31 Å². The average molecular weight is 919 g/mol. The Balaban J connectivity index is 1.54. The van der Waals surface area contributed by atoms with Crippen molar-refractivity contribution in [3.05, 3.63) is 90.5 Å². The van der Waals surface area contributed by atoms with Gasteiger partial charge >= 0.3 is 6.09 Å². The number of nitrogens with zero attached hydrogens (tertiary/aromatic N) is 2. The van der Waals surface area contributed by atoms with Gasteiger partial charge < -0.3 is 44.1 Å². The molecule has 1 fully saturated rings. The van der Waals surface area contributed by atoms with Crippen molar-refractivity contribution >= 4 is 39.1 Å². The van der Waals surface area contributed by atoms with Crippen LogP contribution in [0.4, 0.5) is 16.2 Å². The number of unbranched alkanes of at least 4 members (excludes halogenated alkanes) is 2. The van der Waals surface area contributed by atoms with Crippen LogP contribution in [0.3, 0.4) is 0 Å². The lowest BCUT2D eigenvalue weighted by Gasteiger charge is -2.59. The van der Waals surface area contributed by atoms with E-state index in [1.54, 1.807) is 54.6 Å². The molecule has 16 nitrogen and oxygen atoms in total. The second-order valence-electron chi connectivity index (χ2n) is 16.4. The van der Waals surface area contributed by atoms with E-state index in [0.717, 1.165) is 24.0 Å². The molecule has 1 saturated carbocycles.